The van der Waals surface area contributed by atoms with Gasteiger partial charge in [0, 0.05) is 34.8 Å². The number of nitrogens with one attached hydrogen (secondary N) is 1. The van der Waals surface area contributed by atoms with Gasteiger partial charge in [0.15, 0.2) is 0 Å². The third-order valence-corrected chi connectivity index (χ3v) is 8.20. The van der Waals surface area contributed by atoms with Crippen molar-refractivity contribution in [3.63, 3.8) is 0 Å². The number of nitrogens with zero attached hydrogens (tertiary/aromatic N) is 3. The minimum Gasteiger partial charge on any atom is -0.481 e. The zero-order valence-corrected chi connectivity index (χ0v) is 24.0. The number of halogens is 1. The van der Waals surface area contributed by atoms with Crippen LogP contribution in [0.25, 0.3) is 0 Å². The number of aryl methyl sites for hydroxylation is 1. The number of amides is 1. The predicted octanol–water partition coefficient (Wildman–Crippen LogP) is 6.76. The van der Waals surface area contributed by atoms with Gasteiger partial charge in [0.2, 0.25) is 5.91 Å². The van der Waals surface area contributed by atoms with E-state index >= 15 is 0 Å². The minimum atomic E-state index is -0.858. The summed E-state index contributed by atoms with van der Waals surface area (Å²) in [6, 6.07) is 5.70. The normalized spacial score (nSPS) is 20.6. The molecule has 2 saturated carbocycles. The van der Waals surface area contributed by atoms with Crippen LogP contribution in [0.3, 0.4) is 0 Å². The summed E-state index contributed by atoms with van der Waals surface area (Å²) in [5.41, 5.74) is 5.63. The Morgan fingerprint density at radius 3 is 2.56 bits per heavy atom. The van der Waals surface area contributed by atoms with E-state index in [0.717, 1.165) is 64.2 Å². The van der Waals surface area contributed by atoms with Gasteiger partial charge in [-0.2, -0.15) is 0 Å². The Morgan fingerprint density at radius 1 is 1.22 bits per heavy atom. The van der Waals surface area contributed by atoms with Crippen LogP contribution in [0.1, 0.15) is 113 Å². The number of hydrogen-bond acceptors (Lipinski definition) is 4. The summed E-state index contributed by atoms with van der Waals surface area (Å²) in [5.74, 6) is 0.600. The second kappa shape index (κ2) is 11.2. The van der Waals surface area contributed by atoms with Crippen LogP contribution in [0.2, 0.25) is 0 Å². The number of aliphatic carboxylic acids is 1. The SMILES string of the molecule is Cc1ccc(NC(=O)C[C@H](CCC(=O)O)n2nnc([C@H]3C[C@@H](CC(C)(C)C)C3)c2C2CC2)c(CI)c1. The van der Waals surface area contributed by atoms with Gasteiger partial charge in [0.25, 0.3) is 0 Å². The number of aromatic nitrogens is 3. The molecule has 1 atom stereocenters. The van der Waals surface area contributed by atoms with Crippen molar-refractivity contribution in [2.24, 2.45) is 11.3 Å². The lowest BCUT2D eigenvalue weighted by molar-refractivity contribution is -0.137. The number of alkyl halides is 1. The smallest absolute Gasteiger partial charge is 0.303 e. The van der Waals surface area contributed by atoms with Gasteiger partial charge >= 0.3 is 5.97 Å². The van der Waals surface area contributed by atoms with E-state index in [-0.39, 0.29) is 24.8 Å². The largest absolute Gasteiger partial charge is 0.481 e. The van der Waals surface area contributed by atoms with Crippen molar-refractivity contribution in [2.45, 2.75) is 101 Å². The van der Waals surface area contributed by atoms with Gasteiger partial charge in [-0.1, -0.05) is 66.3 Å². The van der Waals surface area contributed by atoms with Gasteiger partial charge in [-0.15, -0.1) is 5.10 Å². The molecule has 1 aromatic heterocycles. The van der Waals surface area contributed by atoms with Crippen molar-refractivity contribution in [1.82, 2.24) is 15.0 Å². The first-order valence-electron chi connectivity index (χ1n) is 13.2. The van der Waals surface area contributed by atoms with Gasteiger partial charge in [0.1, 0.15) is 0 Å². The average Bonchev–Trinajstić information content (AvgIpc) is 3.52. The Kier molecular flexibility index (Phi) is 8.42. The van der Waals surface area contributed by atoms with E-state index in [0.29, 0.717) is 23.7 Å². The molecular weight excluding hydrogens is 567 g/mol. The zero-order valence-electron chi connectivity index (χ0n) is 21.9. The predicted molar refractivity (Wildman–Crippen MR) is 150 cm³/mol. The Hall–Kier alpha value is -1.97. The second-order valence-corrected chi connectivity index (χ2v) is 12.8. The van der Waals surface area contributed by atoms with E-state index in [2.05, 4.69) is 65.1 Å². The summed E-state index contributed by atoms with van der Waals surface area (Å²) in [6.45, 7) is 8.93. The first-order valence-corrected chi connectivity index (χ1v) is 14.7. The molecule has 2 aliphatic rings. The number of carboxylic acid groups (broad SMARTS) is 1. The highest BCUT2D eigenvalue weighted by atomic mass is 127. The van der Waals surface area contributed by atoms with Crippen molar-refractivity contribution in [3.8, 4) is 0 Å². The maximum absolute atomic E-state index is 13.2. The number of benzene rings is 1. The molecule has 2 aliphatic carbocycles. The summed E-state index contributed by atoms with van der Waals surface area (Å²) in [7, 11) is 0. The van der Waals surface area contributed by atoms with Crippen LogP contribution >= 0.6 is 22.6 Å². The fraction of sp³-hybridized carbons (Fsp3) is 0.643. The molecule has 0 bridgehead atoms. The number of carbonyl (C=O) groups is 2. The number of anilines is 1. The molecule has 36 heavy (non-hydrogen) atoms. The molecule has 0 saturated heterocycles. The molecular formula is C28H39IN4O3. The summed E-state index contributed by atoms with van der Waals surface area (Å²) in [4.78, 5) is 24.6. The Bertz CT molecular complexity index is 1100. The number of rotatable bonds is 11. The van der Waals surface area contributed by atoms with Crippen LogP contribution in [0.4, 0.5) is 5.69 Å². The number of carboxylic acids is 1. The van der Waals surface area contributed by atoms with Gasteiger partial charge in [0.05, 0.1) is 17.4 Å². The molecule has 0 unspecified atom stereocenters. The van der Waals surface area contributed by atoms with Gasteiger partial charge in [-0.25, -0.2) is 4.68 Å². The number of hydrogen-bond donors (Lipinski definition) is 2. The molecule has 8 heteroatoms. The molecule has 2 N–H and O–H groups in total. The standard InChI is InChI=1S/C28H39IN4O3/c1-17-5-9-23(21(11-17)16-29)30-24(34)14-22(8-10-25(35)36)33-27(19-6-7-19)26(31-32-33)20-12-18(13-20)15-28(2,3)4/h5,9,11,18-20,22H,6-8,10,12-16H2,1-4H3,(H,30,34)(H,35,36)/t18-,20+,22-/m0/s1. The maximum atomic E-state index is 13.2. The molecule has 2 aromatic rings. The van der Waals surface area contributed by atoms with Crippen LogP contribution in [0.15, 0.2) is 18.2 Å². The van der Waals surface area contributed by atoms with Crippen molar-refractivity contribution >= 4 is 40.2 Å². The van der Waals surface area contributed by atoms with Crippen molar-refractivity contribution in [1.29, 1.82) is 0 Å². The molecule has 0 spiro atoms. The highest BCUT2D eigenvalue weighted by Crippen LogP contribution is 2.51. The molecule has 1 aromatic carbocycles. The van der Waals surface area contributed by atoms with E-state index in [1.165, 1.54) is 6.42 Å². The molecule has 7 nitrogen and oxygen atoms in total. The Labute approximate surface area is 227 Å². The highest BCUT2D eigenvalue weighted by molar-refractivity contribution is 14.1. The fourth-order valence-electron chi connectivity index (χ4n) is 5.59. The summed E-state index contributed by atoms with van der Waals surface area (Å²) >= 11 is 2.30. The lowest BCUT2D eigenvalue weighted by atomic mass is 9.67. The molecule has 196 valence electrons. The van der Waals surface area contributed by atoms with Crippen LogP contribution in [0.5, 0.6) is 0 Å². The summed E-state index contributed by atoms with van der Waals surface area (Å²) in [6.07, 6.45) is 6.26. The minimum absolute atomic E-state index is 0.00212. The first-order chi connectivity index (χ1) is 17.0. The highest BCUT2D eigenvalue weighted by Gasteiger charge is 2.41. The zero-order chi connectivity index (χ0) is 26.0. The Morgan fingerprint density at radius 2 is 1.94 bits per heavy atom. The van der Waals surface area contributed by atoms with E-state index < -0.39 is 5.97 Å². The fourth-order valence-corrected chi connectivity index (χ4v) is 6.22. The molecule has 1 amide bonds. The van der Waals surface area contributed by atoms with Crippen molar-refractivity contribution in [2.75, 3.05) is 5.32 Å². The third-order valence-electron chi connectivity index (χ3n) is 7.38. The topological polar surface area (TPSA) is 97.1 Å². The lowest BCUT2D eigenvalue weighted by Crippen LogP contribution is -2.27. The summed E-state index contributed by atoms with van der Waals surface area (Å²) in [5, 5.41) is 21.6. The van der Waals surface area contributed by atoms with E-state index in [1.807, 2.05) is 23.7 Å². The molecule has 0 radical (unpaired) electrons. The molecule has 1 heterocycles. The van der Waals surface area contributed by atoms with Gasteiger partial charge < -0.3 is 10.4 Å². The second-order valence-electron chi connectivity index (χ2n) is 12.0. The lowest BCUT2D eigenvalue weighted by Gasteiger charge is -2.38. The van der Waals surface area contributed by atoms with Crippen molar-refractivity contribution in [3.05, 3.63) is 40.7 Å². The molecule has 0 aliphatic heterocycles. The maximum Gasteiger partial charge on any atom is 0.303 e. The third kappa shape index (κ3) is 6.86. The average molecular weight is 607 g/mol. The first kappa shape index (κ1) is 27.1. The van der Waals surface area contributed by atoms with Crippen molar-refractivity contribution < 1.29 is 14.7 Å². The van der Waals surface area contributed by atoms with E-state index in [1.54, 1.807) is 0 Å². The van der Waals surface area contributed by atoms with Crippen LogP contribution in [0, 0.1) is 18.3 Å². The number of carbonyl (C=O) groups excluding carboxylic acids is 1. The molecule has 4 rings (SSSR count). The van der Waals surface area contributed by atoms with Gasteiger partial charge in [-0.3, -0.25) is 9.59 Å². The van der Waals surface area contributed by atoms with E-state index in [9.17, 15) is 14.7 Å². The monoisotopic (exact) mass is 606 g/mol. The van der Waals surface area contributed by atoms with E-state index in [4.69, 9.17) is 0 Å². The van der Waals surface area contributed by atoms with Crippen LogP contribution < -0.4 is 5.32 Å². The Balaban J connectivity index is 1.52. The quantitative estimate of drug-likeness (QED) is 0.218. The van der Waals surface area contributed by atoms with Crippen LogP contribution in [-0.2, 0) is 14.0 Å². The summed E-state index contributed by atoms with van der Waals surface area (Å²) < 4.78 is 2.72. The molecule has 2 fully saturated rings. The van der Waals surface area contributed by atoms with Crippen LogP contribution in [-0.4, -0.2) is 32.0 Å². The van der Waals surface area contributed by atoms with Gasteiger partial charge in [-0.05, 0) is 68.4 Å².